The van der Waals surface area contributed by atoms with Gasteiger partial charge in [-0.2, -0.15) is 15.0 Å². The number of nitrogens with zero attached hydrogens (tertiary/aromatic N) is 6. The molecule has 0 spiro atoms. The highest BCUT2D eigenvalue weighted by Crippen LogP contribution is 2.39. The van der Waals surface area contributed by atoms with Gasteiger partial charge in [0.25, 0.3) is 5.88 Å². The van der Waals surface area contributed by atoms with Crippen LogP contribution >= 0.6 is 0 Å². The Kier molecular flexibility index (Phi) is 5.26. The molecule has 0 fully saturated rings. The van der Waals surface area contributed by atoms with Crippen molar-refractivity contribution in [2.75, 3.05) is 14.2 Å². The highest BCUT2D eigenvalue weighted by atomic mass is 16.5. The fourth-order valence-electron chi connectivity index (χ4n) is 2.56. The number of methoxy groups -OCH3 is 2. The van der Waals surface area contributed by atoms with Gasteiger partial charge in [-0.25, -0.2) is 0 Å². The van der Waals surface area contributed by atoms with Gasteiger partial charge in [0.2, 0.25) is 11.6 Å². The molecule has 28 heavy (non-hydrogen) atoms. The first-order chi connectivity index (χ1) is 13.5. The number of H-pyrrole nitrogens is 1. The van der Waals surface area contributed by atoms with Crippen LogP contribution in [-0.2, 0) is 0 Å². The van der Waals surface area contributed by atoms with Gasteiger partial charge in [-0.1, -0.05) is 13.8 Å². The SMILES string of the molecule is COc1ccc(-n2nc(OC)c(/N=N/c3[nH]nc(C(C)C)c3C#N)c2O)cc1. The van der Waals surface area contributed by atoms with Gasteiger partial charge in [0.15, 0.2) is 5.82 Å². The molecule has 2 aromatic heterocycles. The number of rotatable bonds is 6. The van der Waals surface area contributed by atoms with Crippen LogP contribution in [0.3, 0.4) is 0 Å². The lowest BCUT2D eigenvalue weighted by atomic mass is 10.1. The van der Waals surface area contributed by atoms with Crippen LogP contribution in [0.2, 0.25) is 0 Å². The van der Waals surface area contributed by atoms with E-state index in [4.69, 9.17) is 9.47 Å². The van der Waals surface area contributed by atoms with Crippen LogP contribution in [0.4, 0.5) is 11.5 Å². The molecule has 1 aromatic carbocycles. The number of aromatic nitrogens is 4. The van der Waals surface area contributed by atoms with Crippen molar-refractivity contribution in [1.29, 1.82) is 5.26 Å². The first-order valence-corrected chi connectivity index (χ1v) is 8.40. The van der Waals surface area contributed by atoms with Crippen molar-refractivity contribution in [2.45, 2.75) is 19.8 Å². The first-order valence-electron chi connectivity index (χ1n) is 8.40. The minimum atomic E-state index is -0.257. The van der Waals surface area contributed by atoms with Gasteiger partial charge >= 0.3 is 0 Å². The maximum absolute atomic E-state index is 10.6. The van der Waals surface area contributed by atoms with Crippen LogP contribution in [-0.4, -0.2) is 39.3 Å². The van der Waals surface area contributed by atoms with Crippen molar-refractivity contribution >= 4 is 11.5 Å². The number of aromatic amines is 1. The van der Waals surface area contributed by atoms with E-state index in [1.54, 1.807) is 31.4 Å². The van der Waals surface area contributed by atoms with Crippen LogP contribution in [0.15, 0.2) is 34.5 Å². The molecular weight excluding hydrogens is 362 g/mol. The molecule has 2 heterocycles. The number of ether oxygens (including phenoxy) is 2. The number of nitrogens with one attached hydrogen (secondary N) is 1. The standard InChI is InChI=1S/C18H19N7O3/c1-10(2)14-13(9-19)16(22-20-14)23-21-15-17(28-4)24-25(18(15)26)11-5-7-12(27-3)8-6-11/h5-8,10,26H,1-4H3,(H,20,22)/b23-21+. The average molecular weight is 381 g/mol. The Morgan fingerprint density at radius 2 is 1.89 bits per heavy atom. The van der Waals surface area contributed by atoms with Crippen molar-refractivity contribution in [3.63, 3.8) is 0 Å². The second kappa shape index (κ2) is 7.79. The minimum Gasteiger partial charge on any atom is -0.497 e. The van der Waals surface area contributed by atoms with Crippen LogP contribution in [0, 0.1) is 11.3 Å². The van der Waals surface area contributed by atoms with E-state index in [0.717, 1.165) is 0 Å². The summed E-state index contributed by atoms with van der Waals surface area (Å²) in [6.07, 6.45) is 0. The second-order valence-electron chi connectivity index (χ2n) is 6.09. The summed E-state index contributed by atoms with van der Waals surface area (Å²) in [5, 5.41) is 39.0. The zero-order valence-corrected chi connectivity index (χ0v) is 15.8. The summed E-state index contributed by atoms with van der Waals surface area (Å²) in [7, 11) is 2.98. The van der Waals surface area contributed by atoms with E-state index in [1.165, 1.54) is 11.8 Å². The van der Waals surface area contributed by atoms with Gasteiger partial charge in [0.1, 0.15) is 17.4 Å². The van der Waals surface area contributed by atoms with Gasteiger partial charge < -0.3 is 14.6 Å². The third kappa shape index (κ3) is 3.37. The monoisotopic (exact) mass is 381 g/mol. The molecule has 10 heteroatoms. The molecule has 0 radical (unpaired) electrons. The summed E-state index contributed by atoms with van der Waals surface area (Å²) in [6, 6.07) is 9.00. The zero-order valence-electron chi connectivity index (χ0n) is 15.8. The molecule has 0 amide bonds. The second-order valence-corrected chi connectivity index (χ2v) is 6.09. The Bertz CT molecular complexity index is 1040. The number of hydrogen-bond donors (Lipinski definition) is 2. The van der Waals surface area contributed by atoms with Crippen LogP contribution < -0.4 is 9.47 Å². The normalized spacial score (nSPS) is 11.1. The summed E-state index contributed by atoms with van der Waals surface area (Å²) in [5.41, 5.74) is 1.52. The number of hydrogen-bond acceptors (Lipinski definition) is 8. The smallest absolute Gasteiger partial charge is 0.265 e. The summed E-state index contributed by atoms with van der Waals surface area (Å²) >= 11 is 0. The highest BCUT2D eigenvalue weighted by molar-refractivity contribution is 5.59. The van der Waals surface area contributed by atoms with E-state index in [2.05, 4.69) is 31.6 Å². The lowest BCUT2D eigenvalue weighted by molar-refractivity contribution is 0.394. The lowest BCUT2D eigenvalue weighted by Crippen LogP contribution is -1.96. The van der Waals surface area contributed by atoms with Crippen molar-refractivity contribution in [2.24, 2.45) is 10.2 Å². The van der Waals surface area contributed by atoms with Gasteiger partial charge in [-0.05, 0) is 30.2 Å². The van der Waals surface area contributed by atoms with Gasteiger partial charge in [0.05, 0.1) is 25.6 Å². The Hall–Kier alpha value is -3.87. The first kappa shape index (κ1) is 18.9. The quantitative estimate of drug-likeness (QED) is 0.625. The molecule has 0 aliphatic carbocycles. The van der Waals surface area contributed by atoms with Crippen LogP contribution in [0.5, 0.6) is 17.5 Å². The molecule has 0 aliphatic rings. The lowest BCUT2D eigenvalue weighted by Gasteiger charge is -2.04. The van der Waals surface area contributed by atoms with Crippen molar-refractivity contribution in [3.05, 3.63) is 35.5 Å². The summed E-state index contributed by atoms with van der Waals surface area (Å²) in [5.74, 6) is 0.749. The Labute approximate surface area is 161 Å². The molecule has 0 saturated heterocycles. The number of benzene rings is 1. The Morgan fingerprint density at radius 1 is 1.18 bits per heavy atom. The molecule has 144 valence electrons. The van der Waals surface area contributed by atoms with Crippen molar-refractivity contribution in [1.82, 2.24) is 20.0 Å². The molecule has 2 N–H and O–H groups in total. The number of azo groups is 1. The van der Waals surface area contributed by atoms with Gasteiger partial charge in [-0.15, -0.1) is 15.3 Å². The molecule has 0 unspecified atom stereocenters. The predicted octanol–water partition coefficient (Wildman–Crippen LogP) is 3.73. The molecule has 0 bridgehead atoms. The third-order valence-electron chi connectivity index (χ3n) is 4.00. The van der Waals surface area contributed by atoms with Crippen molar-refractivity contribution < 1.29 is 14.6 Å². The maximum Gasteiger partial charge on any atom is 0.265 e. The fraction of sp³-hybridized carbons (Fsp3) is 0.278. The third-order valence-corrected chi connectivity index (χ3v) is 4.00. The molecule has 3 aromatic rings. The number of aromatic hydroxyl groups is 1. The molecule has 10 nitrogen and oxygen atoms in total. The largest absolute Gasteiger partial charge is 0.497 e. The van der Waals surface area contributed by atoms with Gasteiger partial charge in [-0.3, -0.25) is 5.10 Å². The maximum atomic E-state index is 10.6. The van der Waals surface area contributed by atoms with E-state index in [9.17, 15) is 10.4 Å². The van der Waals surface area contributed by atoms with E-state index >= 15 is 0 Å². The predicted molar refractivity (Wildman–Crippen MR) is 99.9 cm³/mol. The molecule has 0 saturated carbocycles. The van der Waals surface area contributed by atoms with E-state index in [1.807, 2.05) is 13.8 Å². The fourth-order valence-corrected chi connectivity index (χ4v) is 2.56. The zero-order chi connectivity index (χ0) is 20.3. The average Bonchev–Trinajstić information content (AvgIpc) is 3.26. The van der Waals surface area contributed by atoms with E-state index < -0.39 is 0 Å². The topological polar surface area (TPSA) is 134 Å². The molecule has 3 rings (SSSR count). The van der Waals surface area contributed by atoms with Crippen LogP contribution in [0.1, 0.15) is 31.0 Å². The molecule has 0 atom stereocenters. The molecule has 0 aliphatic heterocycles. The summed E-state index contributed by atoms with van der Waals surface area (Å²) in [4.78, 5) is 0. The Balaban J connectivity index is 2.00. The summed E-state index contributed by atoms with van der Waals surface area (Å²) in [6.45, 7) is 3.84. The summed E-state index contributed by atoms with van der Waals surface area (Å²) < 4.78 is 11.6. The van der Waals surface area contributed by atoms with Gasteiger partial charge in [0, 0.05) is 0 Å². The van der Waals surface area contributed by atoms with E-state index in [0.29, 0.717) is 22.7 Å². The molecular formula is C18H19N7O3. The number of nitriles is 1. The highest BCUT2D eigenvalue weighted by Gasteiger charge is 2.21. The van der Waals surface area contributed by atoms with Crippen LogP contribution in [0.25, 0.3) is 5.69 Å². The minimum absolute atomic E-state index is 0.0305. The van der Waals surface area contributed by atoms with Crippen molar-refractivity contribution in [3.8, 4) is 29.3 Å². The van der Waals surface area contributed by atoms with E-state index in [-0.39, 0.29) is 29.2 Å². The Morgan fingerprint density at radius 3 is 2.46 bits per heavy atom.